The van der Waals surface area contributed by atoms with Crippen LogP contribution in [0.5, 0.6) is 11.5 Å². The molecule has 0 radical (unpaired) electrons. The van der Waals surface area contributed by atoms with Crippen molar-refractivity contribution in [3.63, 3.8) is 0 Å². The third-order valence-corrected chi connectivity index (χ3v) is 4.45. The second kappa shape index (κ2) is 5.83. The lowest BCUT2D eigenvalue weighted by molar-refractivity contribution is 0.136. The molecule has 1 N–H and O–H groups in total. The summed E-state index contributed by atoms with van der Waals surface area (Å²) in [7, 11) is 5.40. The maximum Gasteiger partial charge on any atom is 0.161 e. The summed E-state index contributed by atoms with van der Waals surface area (Å²) in [4.78, 5) is 0. The summed E-state index contributed by atoms with van der Waals surface area (Å²) >= 11 is 0. The molecule has 2 rings (SSSR count). The van der Waals surface area contributed by atoms with Crippen molar-refractivity contribution < 1.29 is 9.47 Å². The topological polar surface area (TPSA) is 30.5 Å². The quantitative estimate of drug-likeness (QED) is 0.856. The van der Waals surface area contributed by atoms with Crippen molar-refractivity contribution in [1.82, 2.24) is 5.32 Å². The maximum absolute atomic E-state index is 5.43. The standard InChI is InChI=1S/C16H25NO2/c1-5-12-9-16(10-12,11-17-2)13-6-7-14(18-3)15(8-13)19-4/h6-8,12,17H,5,9-11H2,1-4H3. The number of benzene rings is 1. The lowest BCUT2D eigenvalue weighted by atomic mass is 9.58. The van der Waals surface area contributed by atoms with E-state index in [4.69, 9.17) is 9.47 Å². The monoisotopic (exact) mass is 263 g/mol. The first-order chi connectivity index (χ1) is 9.19. The minimum absolute atomic E-state index is 0.273. The van der Waals surface area contributed by atoms with E-state index in [1.54, 1.807) is 14.2 Å². The van der Waals surface area contributed by atoms with Crippen LogP contribution in [0.1, 0.15) is 31.7 Å². The molecule has 0 unspecified atom stereocenters. The average molecular weight is 263 g/mol. The highest BCUT2D eigenvalue weighted by Crippen LogP contribution is 2.50. The molecule has 0 heterocycles. The number of ether oxygens (including phenoxy) is 2. The molecule has 0 bridgehead atoms. The Bertz CT molecular complexity index is 425. The molecule has 0 spiro atoms. The van der Waals surface area contributed by atoms with E-state index in [2.05, 4.69) is 24.4 Å². The highest BCUT2D eigenvalue weighted by atomic mass is 16.5. The van der Waals surface area contributed by atoms with Gasteiger partial charge in [0.15, 0.2) is 11.5 Å². The number of nitrogens with one attached hydrogen (secondary N) is 1. The molecule has 1 aromatic carbocycles. The normalized spacial score (nSPS) is 25.8. The minimum Gasteiger partial charge on any atom is -0.493 e. The number of likely N-dealkylation sites (N-methyl/N-ethyl adjacent to an activating group) is 1. The Labute approximate surface area is 116 Å². The Kier molecular flexibility index (Phi) is 4.35. The summed E-state index contributed by atoms with van der Waals surface area (Å²) in [5, 5.41) is 3.35. The van der Waals surface area contributed by atoms with Crippen LogP contribution in [0.25, 0.3) is 0 Å². The van der Waals surface area contributed by atoms with Gasteiger partial charge in [-0.05, 0) is 43.5 Å². The first-order valence-electron chi connectivity index (χ1n) is 7.06. The summed E-state index contributed by atoms with van der Waals surface area (Å²) < 4.78 is 10.7. The van der Waals surface area contributed by atoms with Crippen LogP contribution in [0, 0.1) is 5.92 Å². The fraction of sp³-hybridized carbons (Fsp3) is 0.625. The molecule has 0 aromatic heterocycles. The van der Waals surface area contributed by atoms with Crippen molar-refractivity contribution in [2.45, 2.75) is 31.6 Å². The number of rotatable bonds is 6. The molecule has 1 aromatic rings. The Morgan fingerprint density at radius 3 is 2.42 bits per heavy atom. The molecule has 0 atom stereocenters. The number of methoxy groups -OCH3 is 2. The molecular weight excluding hydrogens is 238 g/mol. The van der Waals surface area contributed by atoms with Crippen LogP contribution < -0.4 is 14.8 Å². The Balaban J connectivity index is 2.28. The van der Waals surface area contributed by atoms with Crippen LogP contribution >= 0.6 is 0 Å². The highest BCUT2D eigenvalue weighted by Gasteiger charge is 2.44. The van der Waals surface area contributed by atoms with Gasteiger partial charge < -0.3 is 14.8 Å². The van der Waals surface area contributed by atoms with Crippen LogP contribution in [0.2, 0.25) is 0 Å². The average Bonchev–Trinajstić information content (AvgIpc) is 2.41. The minimum atomic E-state index is 0.273. The van der Waals surface area contributed by atoms with Crippen molar-refractivity contribution in [3.05, 3.63) is 23.8 Å². The van der Waals surface area contributed by atoms with Crippen molar-refractivity contribution in [2.75, 3.05) is 27.8 Å². The zero-order valence-electron chi connectivity index (χ0n) is 12.5. The third kappa shape index (κ3) is 2.57. The van der Waals surface area contributed by atoms with Crippen LogP contribution in [-0.2, 0) is 5.41 Å². The van der Waals surface area contributed by atoms with Gasteiger partial charge in [0.1, 0.15) is 0 Å². The molecule has 1 aliphatic carbocycles. The van der Waals surface area contributed by atoms with E-state index in [1.165, 1.54) is 24.8 Å². The smallest absolute Gasteiger partial charge is 0.161 e. The van der Waals surface area contributed by atoms with Gasteiger partial charge in [-0.25, -0.2) is 0 Å². The van der Waals surface area contributed by atoms with Crippen LogP contribution in [0.3, 0.4) is 0 Å². The summed E-state index contributed by atoms with van der Waals surface area (Å²) in [5.74, 6) is 2.49. The second-order valence-corrected chi connectivity index (χ2v) is 5.56. The van der Waals surface area contributed by atoms with E-state index < -0.39 is 0 Å². The SMILES string of the molecule is CCC1CC(CNC)(c2ccc(OC)c(OC)c2)C1. The Hall–Kier alpha value is -1.22. The molecule has 0 aliphatic heterocycles. The van der Waals surface area contributed by atoms with Gasteiger partial charge >= 0.3 is 0 Å². The first kappa shape index (κ1) is 14.2. The van der Waals surface area contributed by atoms with Gasteiger partial charge in [-0.1, -0.05) is 19.4 Å². The fourth-order valence-electron chi connectivity index (χ4n) is 3.32. The molecular formula is C16H25NO2. The lowest BCUT2D eigenvalue weighted by Gasteiger charge is -2.48. The van der Waals surface area contributed by atoms with Crippen molar-refractivity contribution in [3.8, 4) is 11.5 Å². The largest absolute Gasteiger partial charge is 0.493 e. The van der Waals surface area contributed by atoms with Crippen molar-refractivity contribution >= 4 is 0 Å². The van der Waals surface area contributed by atoms with Crippen molar-refractivity contribution in [2.24, 2.45) is 5.92 Å². The lowest BCUT2D eigenvalue weighted by Crippen LogP contribution is -2.47. The zero-order valence-corrected chi connectivity index (χ0v) is 12.5. The molecule has 19 heavy (non-hydrogen) atoms. The predicted molar refractivity (Wildman–Crippen MR) is 78.2 cm³/mol. The summed E-state index contributed by atoms with van der Waals surface area (Å²) in [6.45, 7) is 3.31. The number of hydrogen-bond acceptors (Lipinski definition) is 3. The molecule has 3 heteroatoms. The van der Waals surface area contributed by atoms with Gasteiger partial charge in [0.25, 0.3) is 0 Å². The van der Waals surface area contributed by atoms with Gasteiger partial charge in [-0.2, -0.15) is 0 Å². The second-order valence-electron chi connectivity index (χ2n) is 5.56. The third-order valence-electron chi connectivity index (χ3n) is 4.45. The highest BCUT2D eigenvalue weighted by molar-refractivity contribution is 5.46. The van der Waals surface area contributed by atoms with Gasteiger partial charge in [0.05, 0.1) is 14.2 Å². The van der Waals surface area contributed by atoms with E-state index in [0.717, 1.165) is 24.0 Å². The van der Waals surface area contributed by atoms with Gasteiger partial charge in [-0.15, -0.1) is 0 Å². The summed E-state index contributed by atoms with van der Waals surface area (Å²) in [6, 6.07) is 6.34. The van der Waals surface area contributed by atoms with Gasteiger partial charge in [0.2, 0.25) is 0 Å². The van der Waals surface area contributed by atoms with E-state index >= 15 is 0 Å². The van der Waals surface area contributed by atoms with Crippen LogP contribution in [0.15, 0.2) is 18.2 Å². The summed E-state index contributed by atoms with van der Waals surface area (Å²) in [6.07, 6.45) is 3.80. The van der Waals surface area contributed by atoms with E-state index in [-0.39, 0.29) is 5.41 Å². The van der Waals surface area contributed by atoms with Gasteiger partial charge in [-0.3, -0.25) is 0 Å². The molecule has 106 valence electrons. The molecule has 0 amide bonds. The molecule has 3 nitrogen and oxygen atoms in total. The Morgan fingerprint density at radius 1 is 1.21 bits per heavy atom. The predicted octanol–water partition coefficient (Wildman–Crippen LogP) is 2.98. The fourth-order valence-corrected chi connectivity index (χ4v) is 3.32. The molecule has 1 saturated carbocycles. The van der Waals surface area contributed by atoms with E-state index in [0.29, 0.717) is 0 Å². The molecule has 1 fully saturated rings. The maximum atomic E-state index is 5.43. The number of hydrogen-bond donors (Lipinski definition) is 1. The van der Waals surface area contributed by atoms with Crippen LogP contribution in [0.4, 0.5) is 0 Å². The van der Waals surface area contributed by atoms with Crippen molar-refractivity contribution in [1.29, 1.82) is 0 Å². The van der Waals surface area contributed by atoms with Crippen LogP contribution in [-0.4, -0.2) is 27.8 Å². The van der Waals surface area contributed by atoms with E-state index in [1.807, 2.05) is 13.1 Å². The summed E-state index contributed by atoms with van der Waals surface area (Å²) in [5.41, 5.74) is 1.64. The van der Waals surface area contributed by atoms with Gasteiger partial charge in [0, 0.05) is 12.0 Å². The molecule has 1 aliphatic rings. The van der Waals surface area contributed by atoms with E-state index in [9.17, 15) is 0 Å². The molecule has 0 saturated heterocycles. The Morgan fingerprint density at radius 2 is 1.89 bits per heavy atom. The first-order valence-corrected chi connectivity index (χ1v) is 7.06. The zero-order chi connectivity index (χ0) is 13.9.